The van der Waals surface area contributed by atoms with Gasteiger partial charge in [0.15, 0.2) is 5.78 Å². The molecule has 0 aliphatic carbocycles. The van der Waals surface area contributed by atoms with Gasteiger partial charge in [-0.2, -0.15) is 0 Å². The summed E-state index contributed by atoms with van der Waals surface area (Å²) < 4.78 is 27.5. The van der Waals surface area contributed by atoms with Gasteiger partial charge < -0.3 is 10.1 Å². The number of sulfonamides is 1. The molecule has 0 atom stereocenters. The van der Waals surface area contributed by atoms with Crippen LogP contribution in [-0.4, -0.2) is 33.8 Å². The van der Waals surface area contributed by atoms with Gasteiger partial charge in [0.25, 0.3) is 0 Å². The molecule has 0 unspecified atom stereocenters. The summed E-state index contributed by atoms with van der Waals surface area (Å²) in [5, 5.41) is 7.79. The summed E-state index contributed by atoms with van der Waals surface area (Å²) in [7, 11) is -2.18. The van der Waals surface area contributed by atoms with Crippen LogP contribution in [0.5, 0.6) is 5.75 Å². The Morgan fingerprint density at radius 1 is 1.07 bits per heavy atom. The van der Waals surface area contributed by atoms with Crippen LogP contribution in [0.25, 0.3) is 0 Å². The Morgan fingerprint density at radius 3 is 2.41 bits per heavy atom. The molecule has 0 fully saturated rings. The minimum absolute atomic E-state index is 0.0475. The number of methoxy groups -OCH3 is 1. The van der Waals surface area contributed by atoms with Crippen molar-refractivity contribution in [3.05, 3.63) is 59.7 Å². The fraction of sp³-hybridized carbons (Fsp3) is 0.263. The molecular weight excluding hydrogens is 368 g/mol. The Morgan fingerprint density at radius 2 is 1.78 bits per heavy atom. The zero-order valence-corrected chi connectivity index (χ0v) is 15.8. The van der Waals surface area contributed by atoms with Gasteiger partial charge in [-0.05, 0) is 36.2 Å². The smallest absolute Gasteiger partial charge is 0.238 e. The van der Waals surface area contributed by atoms with Gasteiger partial charge in [-0.15, -0.1) is 0 Å². The van der Waals surface area contributed by atoms with Crippen molar-refractivity contribution in [1.29, 1.82) is 0 Å². The van der Waals surface area contributed by atoms with Gasteiger partial charge in [0.05, 0.1) is 12.0 Å². The first kappa shape index (κ1) is 20.6. The lowest BCUT2D eigenvalue weighted by Gasteiger charge is -2.07. The van der Waals surface area contributed by atoms with Crippen LogP contribution in [-0.2, 0) is 21.2 Å². The molecule has 3 N–H and O–H groups in total. The highest BCUT2D eigenvalue weighted by Gasteiger charge is 2.10. The molecule has 7 nitrogen and oxygen atoms in total. The van der Waals surface area contributed by atoms with Crippen molar-refractivity contribution in [2.45, 2.75) is 24.2 Å². The summed E-state index contributed by atoms with van der Waals surface area (Å²) in [5.74, 6) is 0.258. The predicted molar refractivity (Wildman–Crippen MR) is 101 cm³/mol. The number of Topliss-reactive ketones (excluding diaryl/α,β-unsaturated/α-hetero) is 1. The van der Waals surface area contributed by atoms with E-state index in [2.05, 4.69) is 5.32 Å². The quantitative estimate of drug-likeness (QED) is 0.632. The van der Waals surface area contributed by atoms with E-state index < -0.39 is 10.0 Å². The Labute approximate surface area is 158 Å². The zero-order chi connectivity index (χ0) is 19.9. The van der Waals surface area contributed by atoms with Crippen LogP contribution in [0, 0.1) is 0 Å². The van der Waals surface area contributed by atoms with E-state index in [4.69, 9.17) is 9.88 Å². The van der Waals surface area contributed by atoms with E-state index >= 15 is 0 Å². The number of benzene rings is 2. The van der Waals surface area contributed by atoms with Crippen LogP contribution in [0.2, 0.25) is 0 Å². The summed E-state index contributed by atoms with van der Waals surface area (Å²) in [4.78, 5) is 24.1. The largest absolute Gasteiger partial charge is 0.497 e. The molecule has 144 valence electrons. The molecule has 8 heteroatoms. The fourth-order valence-electron chi connectivity index (χ4n) is 2.45. The number of carbonyl (C=O) groups is 2. The number of carbonyl (C=O) groups excluding carboxylic acids is 2. The van der Waals surface area contributed by atoms with E-state index in [9.17, 15) is 18.0 Å². The minimum Gasteiger partial charge on any atom is -0.497 e. The highest BCUT2D eigenvalue weighted by Crippen LogP contribution is 2.14. The highest BCUT2D eigenvalue weighted by atomic mass is 32.2. The number of primary sulfonamides is 1. The van der Waals surface area contributed by atoms with E-state index in [1.54, 1.807) is 36.4 Å². The lowest BCUT2D eigenvalue weighted by Crippen LogP contribution is -2.26. The van der Waals surface area contributed by atoms with Crippen molar-refractivity contribution >= 4 is 21.7 Å². The Bertz CT molecular complexity index is 908. The van der Waals surface area contributed by atoms with Crippen molar-refractivity contribution in [3.8, 4) is 5.75 Å². The molecule has 0 saturated heterocycles. The average Bonchev–Trinajstić information content (AvgIpc) is 2.66. The van der Waals surface area contributed by atoms with Gasteiger partial charge in [-0.25, -0.2) is 13.6 Å². The Hall–Kier alpha value is -2.71. The number of rotatable bonds is 9. The molecule has 0 saturated carbocycles. The topological polar surface area (TPSA) is 116 Å². The van der Waals surface area contributed by atoms with Gasteiger partial charge in [-0.3, -0.25) is 9.59 Å². The summed E-state index contributed by atoms with van der Waals surface area (Å²) in [5.41, 5.74) is 1.38. The van der Waals surface area contributed by atoms with Gasteiger partial charge in [0.2, 0.25) is 15.9 Å². The van der Waals surface area contributed by atoms with E-state index in [0.717, 1.165) is 5.56 Å². The molecule has 2 aromatic rings. The van der Waals surface area contributed by atoms with Crippen molar-refractivity contribution in [2.24, 2.45) is 5.14 Å². The number of amides is 1. The molecule has 0 radical (unpaired) electrons. The maximum Gasteiger partial charge on any atom is 0.238 e. The molecule has 0 aliphatic heterocycles. The maximum atomic E-state index is 12.1. The van der Waals surface area contributed by atoms with Crippen molar-refractivity contribution in [3.63, 3.8) is 0 Å². The van der Waals surface area contributed by atoms with Crippen LogP contribution in [0.3, 0.4) is 0 Å². The number of hydrogen-bond acceptors (Lipinski definition) is 5. The maximum absolute atomic E-state index is 12.1. The normalized spacial score (nSPS) is 11.0. The molecule has 1 amide bonds. The first-order chi connectivity index (χ1) is 12.8. The molecule has 0 heterocycles. The third-order valence-corrected chi connectivity index (χ3v) is 4.89. The molecule has 0 spiro atoms. The first-order valence-electron chi connectivity index (χ1n) is 8.35. The van der Waals surface area contributed by atoms with E-state index in [-0.39, 0.29) is 29.4 Å². The fourth-order valence-corrected chi connectivity index (χ4v) is 2.96. The minimum atomic E-state index is -3.71. The van der Waals surface area contributed by atoms with Crippen LogP contribution in [0.15, 0.2) is 53.4 Å². The van der Waals surface area contributed by atoms with Gasteiger partial charge >= 0.3 is 0 Å². The van der Waals surface area contributed by atoms with Crippen molar-refractivity contribution in [1.82, 2.24) is 5.32 Å². The zero-order valence-electron chi connectivity index (χ0n) is 15.0. The van der Waals surface area contributed by atoms with Crippen molar-refractivity contribution < 1.29 is 22.7 Å². The standard InChI is InChI=1S/C19H22N2O5S/c1-26-16-4-2-3-15(13-16)18(22)9-10-19(23)21-12-11-14-5-7-17(8-6-14)27(20,24)25/h2-8,13H,9-12H2,1H3,(H,21,23)(H2,20,24,25). The summed E-state index contributed by atoms with van der Waals surface area (Å²) in [6, 6.07) is 13.0. The Kier molecular flexibility index (Phi) is 7.09. The molecule has 2 rings (SSSR count). The van der Waals surface area contributed by atoms with Crippen LogP contribution < -0.4 is 15.2 Å². The van der Waals surface area contributed by atoms with Gasteiger partial charge in [0.1, 0.15) is 5.75 Å². The van der Waals surface area contributed by atoms with E-state index in [1.165, 1.54) is 19.2 Å². The van der Waals surface area contributed by atoms with Crippen LogP contribution >= 0.6 is 0 Å². The molecule has 0 aliphatic rings. The van der Waals surface area contributed by atoms with Gasteiger partial charge in [0, 0.05) is 24.9 Å². The molecule has 2 aromatic carbocycles. The number of nitrogens with two attached hydrogens (primary N) is 1. The number of ether oxygens (including phenoxy) is 1. The second-order valence-corrected chi connectivity index (χ2v) is 7.51. The SMILES string of the molecule is COc1cccc(C(=O)CCC(=O)NCCc2ccc(S(N)(=O)=O)cc2)c1. The third-order valence-electron chi connectivity index (χ3n) is 3.96. The second-order valence-electron chi connectivity index (χ2n) is 5.94. The predicted octanol–water partition coefficient (Wildman–Crippen LogP) is 1.66. The second kappa shape index (κ2) is 9.29. The van der Waals surface area contributed by atoms with Crippen LogP contribution in [0.4, 0.5) is 0 Å². The monoisotopic (exact) mass is 390 g/mol. The average molecular weight is 390 g/mol. The first-order valence-corrected chi connectivity index (χ1v) is 9.90. The highest BCUT2D eigenvalue weighted by molar-refractivity contribution is 7.89. The van der Waals surface area contributed by atoms with Crippen molar-refractivity contribution in [2.75, 3.05) is 13.7 Å². The number of nitrogens with one attached hydrogen (secondary N) is 1. The molecule has 0 aromatic heterocycles. The van der Waals surface area contributed by atoms with E-state index in [1.807, 2.05) is 0 Å². The van der Waals surface area contributed by atoms with Gasteiger partial charge in [-0.1, -0.05) is 24.3 Å². The van der Waals surface area contributed by atoms with E-state index in [0.29, 0.717) is 24.3 Å². The molecule has 27 heavy (non-hydrogen) atoms. The lowest BCUT2D eigenvalue weighted by atomic mass is 10.1. The summed E-state index contributed by atoms with van der Waals surface area (Å²) >= 11 is 0. The Balaban J connectivity index is 1.75. The summed E-state index contributed by atoms with van der Waals surface area (Å²) in [6.07, 6.45) is 0.753. The molecular formula is C19H22N2O5S. The molecule has 0 bridgehead atoms. The van der Waals surface area contributed by atoms with Crippen LogP contribution in [0.1, 0.15) is 28.8 Å². The number of hydrogen-bond donors (Lipinski definition) is 2. The number of ketones is 1. The third kappa shape index (κ3) is 6.50. The summed E-state index contributed by atoms with van der Waals surface area (Å²) in [6.45, 7) is 0.390. The lowest BCUT2D eigenvalue weighted by molar-refractivity contribution is -0.121.